The van der Waals surface area contributed by atoms with Gasteiger partial charge in [-0.25, -0.2) is 4.79 Å². The second kappa shape index (κ2) is 10.5. The molecule has 0 spiro atoms. The standard InChI is InChI=1S/C25H34N2O4/c1-7-30-22(28)12-9-14-27-25(6,23(29)31-24(3,4)5)20-11-8-10-19(16-20)21-13-15-26-17-18(21)2/h8,10-11,13,15-17,27H,7,9,12,14H2,1-6H3/t25-/m0/s1. The van der Waals surface area contributed by atoms with Crippen LogP contribution < -0.4 is 5.32 Å². The van der Waals surface area contributed by atoms with Crippen molar-refractivity contribution >= 4 is 11.9 Å². The van der Waals surface area contributed by atoms with Gasteiger partial charge in [0.1, 0.15) is 11.1 Å². The molecule has 0 amide bonds. The van der Waals surface area contributed by atoms with Crippen LogP contribution in [0, 0.1) is 6.92 Å². The van der Waals surface area contributed by atoms with Crippen molar-refractivity contribution in [2.24, 2.45) is 0 Å². The molecule has 0 saturated carbocycles. The fourth-order valence-corrected chi connectivity index (χ4v) is 3.27. The number of carbonyl (C=O) groups is 2. The zero-order valence-electron chi connectivity index (χ0n) is 19.5. The molecule has 2 aromatic rings. The summed E-state index contributed by atoms with van der Waals surface area (Å²) >= 11 is 0. The summed E-state index contributed by atoms with van der Waals surface area (Å²) in [4.78, 5) is 29.0. The predicted molar refractivity (Wildman–Crippen MR) is 121 cm³/mol. The number of hydrogen-bond donors (Lipinski definition) is 1. The number of pyridine rings is 1. The highest BCUT2D eigenvalue weighted by Gasteiger charge is 2.38. The van der Waals surface area contributed by atoms with Crippen molar-refractivity contribution in [2.75, 3.05) is 13.2 Å². The topological polar surface area (TPSA) is 77.5 Å². The molecule has 31 heavy (non-hydrogen) atoms. The molecule has 6 heteroatoms. The molecule has 168 valence electrons. The Morgan fingerprint density at radius 3 is 2.52 bits per heavy atom. The van der Waals surface area contributed by atoms with Crippen LogP contribution in [0.15, 0.2) is 42.7 Å². The highest BCUT2D eigenvalue weighted by atomic mass is 16.6. The normalized spacial score (nSPS) is 13.4. The van der Waals surface area contributed by atoms with Crippen molar-refractivity contribution in [1.82, 2.24) is 10.3 Å². The van der Waals surface area contributed by atoms with E-state index in [1.165, 1.54) is 0 Å². The molecule has 0 unspecified atom stereocenters. The number of rotatable bonds is 9. The quantitative estimate of drug-likeness (QED) is 0.468. The third-order valence-electron chi connectivity index (χ3n) is 4.92. The lowest BCUT2D eigenvalue weighted by Gasteiger charge is -2.33. The summed E-state index contributed by atoms with van der Waals surface area (Å²) in [5.41, 5.74) is 2.22. The molecule has 6 nitrogen and oxygen atoms in total. The minimum atomic E-state index is -1.07. The Labute approximate surface area is 185 Å². The predicted octanol–water partition coefficient (Wildman–Crippen LogP) is 4.55. The van der Waals surface area contributed by atoms with Gasteiger partial charge < -0.3 is 9.47 Å². The molecule has 1 atom stereocenters. The zero-order chi connectivity index (χ0) is 23.1. The van der Waals surface area contributed by atoms with E-state index < -0.39 is 11.1 Å². The van der Waals surface area contributed by atoms with Gasteiger partial charge in [-0.15, -0.1) is 0 Å². The van der Waals surface area contributed by atoms with Gasteiger partial charge in [0.2, 0.25) is 0 Å². The van der Waals surface area contributed by atoms with Crippen molar-refractivity contribution in [3.8, 4) is 11.1 Å². The molecule has 0 fully saturated rings. The van der Waals surface area contributed by atoms with E-state index in [0.29, 0.717) is 26.0 Å². The smallest absolute Gasteiger partial charge is 0.331 e. The molecule has 0 aliphatic rings. The molecule has 2 rings (SSSR count). The first-order valence-electron chi connectivity index (χ1n) is 10.7. The monoisotopic (exact) mass is 426 g/mol. The first-order valence-corrected chi connectivity index (χ1v) is 10.7. The Morgan fingerprint density at radius 1 is 1.13 bits per heavy atom. The number of nitrogens with zero attached hydrogens (tertiary/aromatic N) is 1. The minimum absolute atomic E-state index is 0.238. The second-order valence-corrected chi connectivity index (χ2v) is 8.73. The summed E-state index contributed by atoms with van der Waals surface area (Å²) in [6.45, 7) is 12.0. The number of hydrogen-bond acceptors (Lipinski definition) is 6. The van der Waals surface area contributed by atoms with Crippen molar-refractivity contribution in [3.05, 3.63) is 53.9 Å². The number of benzene rings is 1. The number of carbonyl (C=O) groups excluding carboxylic acids is 2. The SMILES string of the molecule is CCOC(=O)CCCN[C@](C)(C(=O)OC(C)(C)C)c1cccc(-c2ccncc2C)c1. The summed E-state index contributed by atoms with van der Waals surface area (Å²) < 4.78 is 10.7. The Bertz CT molecular complexity index is 904. The number of aryl methyl sites for hydroxylation is 1. The second-order valence-electron chi connectivity index (χ2n) is 8.73. The minimum Gasteiger partial charge on any atom is -0.466 e. The van der Waals surface area contributed by atoms with Crippen molar-refractivity contribution < 1.29 is 19.1 Å². The van der Waals surface area contributed by atoms with E-state index in [4.69, 9.17) is 9.47 Å². The Hall–Kier alpha value is -2.73. The summed E-state index contributed by atoms with van der Waals surface area (Å²) in [5, 5.41) is 3.33. The van der Waals surface area contributed by atoms with E-state index in [1.807, 2.05) is 71.1 Å². The zero-order valence-corrected chi connectivity index (χ0v) is 19.5. The van der Waals surface area contributed by atoms with Crippen LogP contribution in [0.5, 0.6) is 0 Å². The lowest BCUT2D eigenvalue weighted by molar-refractivity contribution is -0.163. The average molecular weight is 427 g/mol. The third kappa shape index (κ3) is 6.89. The van der Waals surface area contributed by atoms with Gasteiger partial charge in [-0.2, -0.15) is 0 Å². The van der Waals surface area contributed by atoms with Crippen LogP contribution in [-0.4, -0.2) is 35.7 Å². The molecule has 1 aromatic carbocycles. The van der Waals surface area contributed by atoms with Crippen LogP contribution in [-0.2, 0) is 24.6 Å². The molecule has 0 saturated heterocycles. The largest absolute Gasteiger partial charge is 0.466 e. The molecule has 1 aromatic heterocycles. The first-order chi connectivity index (χ1) is 14.6. The number of esters is 2. The lowest BCUT2D eigenvalue weighted by atomic mass is 9.88. The van der Waals surface area contributed by atoms with Crippen LogP contribution in [0.1, 0.15) is 58.6 Å². The van der Waals surface area contributed by atoms with Crippen molar-refractivity contribution in [2.45, 2.75) is 65.5 Å². The van der Waals surface area contributed by atoms with Crippen LogP contribution in [0.3, 0.4) is 0 Å². The summed E-state index contributed by atoms with van der Waals surface area (Å²) in [6.07, 6.45) is 4.43. The Balaban J connectivity index is 2.32. The maximum absolute atomic E-state index is 13.2. The van der Waals surface area contributed by atoms with Gasteiger partial charge in [0.25, 0.3) is 0 Å². The maximum atomic E-state index is 13.2. The fourth-order valence-electron chi connectivity index (χ4n) is 3.27. The molecule has 1 N–H and O–H groups in total. The molecule has 1 heterocycles. The average Bonchev–Trinajstić information content (AvgIpc) is 2.70. The highest BCUT2D eigenvalue weighted by molar-refractivity contribution is 5.83. The molecule has 0 bridgehead atoms. The molecule has 0 aliphatic heterocycles. The number of ether oxygens (including phenoxy) is 2. The molecular weight excluding hydrogens is 392 g/mol. The molecule has 0 aliphatic carbocycles. The van der Waals surface area contributed by atoms with Gasteiger partial charge in [-0.1, -0.05) is 18.2 Å². The first kappa shape index (κ1) is 24.5. The Morgan fingerprint density at radius 2 is 1.87 bits per heavy atom. The summed E-state index contributed by atoms with van der Waals surface area (Å²) in [7, 11) is 0. The van der Waals surface area contributed by atoms with Crippen molar-refractivity contribution in [1.29, 1.82) is 0 Å². The highest BCUT2D eigenvalue weighted by Crippen LogP contribution is 2.30. The number of aromatic nitrogens is 1. The maximum Gasteiger partial charge on any atom is 0.331 e. The van der Waals surface area contributed by atoms with E-state index in [-0.39, 0.29) is 11.9 Å². The molecule has 0 radical (unpaired) electrons. The van der Waals surface area contributed by atoms with E-state index in [2.05, 4.69) is 10.3 Å². The lowest BCUT2D eigenvalue weighted by Crippen LogP contribution is -2.50. The number of nitrogens with one attached hydrogen (secondary N) is 1. The van der Waals surface area contributed by atoms with Gasteiger partial charge in [-0.05, 0) is 88.9 Å². The summed E-state index contributed by atoms with van der Waals surface area (Å²) in [5.74, 6) is -0.599. The third-order valence-corrected chi connectivity index (χ3v) is 4.92. The van der Waals surface area contributed by atoms with E-state index in [0.717, 1.165) is 22.3 Å². The van der Waals surface area contributed by atoms with E-state index in [1.54, 1.807) is 13.1 Å². The van der Waals surface area contributed by atoms with Gasteiger partial charge >= 0.3 is 11.9 Å². The Kier molecular flexibility index (Phi) is 8.34. The van der Waals surface area contributed by atoms with Crippen LogP contribution >= 0.6 is 0 Å². The van der Waals surface area contributed by atoms with Gasteiger partial charge in [-0.3, -0.25) is 15.1 Å². The van der Waals surface area contributed by atoms with E-state index >= 15 is 0 Å². The van der Waals surface area contributed by atoms with Gasteiger partial charge in [0.15, 0.2) is 0 Å². The van der Waals surface area contributed by atoms with E-state index in [9.17, 15) is 9.59 Å². The van der Waals surface area contributed by atoms with Crippen LogP contribution in [0.2, 0.25) is 0 Å². The summed E-state index contributed by atoms with van der Waals surface area (Å²) in [6, 6.07) is 9.84. The van der Waals surface area contributed by atoms with Crippen LogP contribution in [0.25, 0.3) is 11.1 Å². The molecular formula is C25H34N2O4. The van der Waals surface area contributed by atoms with Gasteiger partial charge in [0.05, 0.1) is 6.61 Å². The van der Waals surface area contributed by atoms with Crippen LogP contribution in [0.4, 0.5) is 0 Å². The van der Waals surface area contributed by atoms with Crippen molar-refractivity contribution in [3.63, 3.8) is 0 Å². The van der Waals surface area contributed by atoms with Gasteiger partial charge in [0, 0.05) is 18.8 Å². The fraction of sp³-hybridized carbons (Fsp3) is 0.480.